The third-order valence-corrected chi connectivity index (χ3v) is 4.25. The fraction of sp³-hybridized carbons (Fsp3) is 0.0909. The SMILES string of the molecule is Cc1ccc(-c2cc3cccnc3nc2NCc2ccccc2)cc1. The molecule has 0 amide bonds. The van der Waals surface area contributed by atoms with Crippen LogP contribution in [-0.2, 0) is 6.54 Å². The van der Waals surface area contributed by atoms with E-state index in [1.807, 2.05) is 30.3 Å². The summed E-state index contributed by atoms with van der Waals surface area (Å²) in [6.45, 7) is 2.83. The van der Waals surface area contributed by atoms with E-state index in [4.69, 9.17) is 4.98 Å². The number of nitrogens with one attached hydrogen (secondary N) is 1. The highest BCUT2D eigenvalue weighted by atomic mass is 15.0. The lowest BCUT2D eigenvalue weighted by Crippen LogP contribution is -2.04. The van der Waals surface area contributed by atoms with Crippen molar-refractivity contribution in [2.24, 2.45) is 0 Å². The van der Waals surface area contributed by atoms with Crippen LogP contribution in [0.1, 0.15) is 11.1 Å². The van der Waals surface area contributed by atoms with E-state index < -0.39 is 0 Å². The second-order valence-electron chi connectivity index (χ2n) is 6.14. The van der Waals surface area contributed by atoms with E-state index in [1.165, 1.54) is 11.1 Å². The molecule has 3 heteroatoms. The molecule has 0 fully saturated rings. The van der Waals surface area contributed by atoms with Crippen LogP contribution in [0.4, 0.5) is 5.82 Å². The third-order valence-electron chi connectivity index (χ3n) is 4.25. The van der Waals surface area contributed by atoms with Gasteiger partial charge in [0.25, 0.3) is 0 Å². The number of anilines is 1. The summed E-state index contributed by atoms with van der Waals surface area (Å²) in [5.41, 5.74) is 5.48. The molecule has 1 N–H and O–H groups in total. The number of pyridine rings is 2. The molecule has 0 saturated carbocycles. The lowest BCUT2D eigenvalue weighted by atomic mass is 10.0. The van der Waals surface area contributed by atoms with Crippen molar-refractivity contribution in [3.05, 3.63) is 90.1 Å². The van der Waals surface area contributed by atoms with Gasteiger partial charge in [-0.05, 0) is 36.2 Å². The predicted molar refractivity (Wildman–Crippen MR) is 103 cm³/mol. The Balaban J connectivity index is 1.77. The monoisotopic (exact) mass is 325 g/mol. The second kappa shape index (κ2) is 6.73. The summed E-state index contributed by atoms with van der Waals surface area (Å²) < 4.78 is 0. The summed E-state index contributed by atoms with van der Waals surface area (Å²) in [6, 6.07) is 25.0. The standard InChI is InChI=1S/C22H19N3/c1-16-9-11-18(12-10-16)20-14-19-8-5-13-23-21(19)25-22(20)24-15-17-6-3-2-4-7-17/h2-14H,15H2,1H3,(H,23,24,25). The minimum absolute atomic E-state index is 0.727. The van der Waals surface area contributed by atoms with Crippen LogP contribution in [0.3, 0.4) is 0 Å². The van der Waals surface area contributed by atoms with Crippen LogP contribution in [0.5, 0.6) is 0 Å². The second-order valence-corrected chi connectivity index (χ2v) is 6.14. The summed E-state index contributed by atoms with van der Waals surface area (Å²) >= 11 is 0. The molecule has 0 unspecified atom stereocenters. The summed E-state index contributed by atoms with van der Waals surface area (Å²) in [7, 11) is 0. The Labute approximate surface area is 147 Å². The van der Waals surface area contributed by atoms with Gasteiger partial charge in [-0.25, -0.2) is 9.97 Å². The van der Waals surface area contributed by atoms with Crippen molar-refractivity contribution in [1.29, 1.82) is 0 Å². The van der Waals surface area contributed by atoms with E-state index in [-0.39, 0.29) is 0 Å². The lowest BCUT2D eigenvalue weighted by Gasteiger charge is -2.13. The van der Waals surface area contributed by atoms with Crippen LogP contribution < -0.4 is 5.32 Å². The first-order valence-corrected chi connectivity index (χ1v) is 8.40. The molecule has 3 nitrogen and oxygen atoms in total. The highest BCUT2D eigenvalue weighted by Crippen LogP contribution is 2.30. The summed E-state index contributed by atoms with van der Waals surface area (Å²) in [5.74, 6) is 0.860. The van der Waals surface area contributed by atoms with Gasteiger partial charge in [0.2, 0.25) is 0 Å². The average molecular weight is 325 g/mol. The van der Waals surface area contributed by atoms with Crippen LogP contribution in [0.15, 0.2) is 79.0 Å². The van der Waals surface area contributed by atoms with E-state index in [9.17, 15) is 0 Å². The Bertz CT molecular complexity index is 993. The molecule has 0 atom stereocenters. The zero-order valence-corrected chi connectivity index (χ0v) is 14.1. The molecule has 4 aromatic rings. The number of aryl methyl sites for hydroxylation is 1. The van der Waals surface area contributed by atoms with E-state index in [2.05, 4.69) is 59.7 Å². The van der Waals surface area contributed by atoms with Gasteiger partial charge in [0.05, 0.1) is 0 Å². The summed E-state index contributed by atoms with van der Waals surface area (Å²) in [4.78, 5) is 9.16. The van der Waals surface area contributed by atoms with Crippen LogP contribution in [0.2, 0.25) is 0 Å². The topological polar surface area (TPSA) is 37.8 Å². The van der Waals surface area contributed by atoms with Gasteiger partial charge in [0.15, 0.2) is 5.65 Å². The number of rotatable bonds is 4. The molecule has 0 spiro atoms. The summed E-state index contributed by atoms with van der Waals surface area (Å²) in [6.07, 6.45) is 1.78. The zero-order valence-electron chi connectivity index (χ0n) is 14.1. The number of nitrogens with zero attached hydrogens (tertiary/aromatic N) is 2. The highest BCUT2D eigenvalue weighted by molar-refractivity contribution is 5.87. The van der Waals surface area contributed by atoms with E-state index in [1.54, 1.807) is 6.20 Å². The van der Waals surface area contributed by atoms with Gasteiger partial charge in [0, 0.05) is 23.7 Å². The molecule has 25 heavy (non-hydrogen) atoms. The Morgan fingerprint density at radius 1 is 0.880 bits per heavy atom. The molecule has 2 aromatic carbocycles. The fourth-order valence-corrected chi connectivity index (χ4v) is 2.88. The van der Waals surface area contributed by atoms with E-state index >= 15 is 0 Å². The molecule has 4 rings (SSSR count). The Hall–Kier alpha value is -3.20. The van der Waals surface area contributed by atoms with Gasteiger partial charge in [-0.15, -0.1) is 0 Å². The molecular formula is C22H19N3. The maximum atomic E-state index is 4.77. The number of aromatic nitrogens is 2. The normalized spacial score (nSPS) is 10.8. The number of hydrogen-bond donors (Lipinski definition) is 1. The van der Waals surface area contributed by atoms with Crippen molar-refractivity contribution in [2.75, 3.05) is 5.32 Å². The minimum atomic E-state index is 0.727. The number of hydrogen-bond acceptors (Lipinski definition) is 3. The van der Waals surface area contributed by atoms with Crippen molar-refractivity contribution in [2.45, 2.75) is 13.5 Å². The predicted octanol–water partition coefficient (Wildman–Crippen LogP) is 5.22. The van der Waals surface area contributed by atoms with E-state index in [0.717, 1.165) is 34.5 Å². The minimum Gasteiger partial charge on any atom is -0.365 e. The molecule has 122 valence electrons. The van der Waals surface area contributed by atoms with Crippen LogP contribution in [0, 0.1) is 6.92 Å². The third kappa shape index (κ3) is 3.36. The quantitative estimate of drug-likeness (QED) is 0.559. The molecule has 0 saturated heterocycles. The number of benzene rings is 2. The molecule has 0 radical (unpaired) electrons. The molecule has 0 bridgehead atoms. The molecule has 0 aliphatic rings. The van der Waals surface area contributed by atoms with Gasteiger partial charge in [-0.1, -0.05) is 60.2 Å². The fourth-order valence-electron chi connectivity index (χ4n) is 2.88. The maximum Gasteiger partial charge on any atom is 0.161 e. The molecular weight excluding hydrogens is 306 g/mol. The zero-order chi connectivity index (χ0) is 17.1. The maximum absolute atomic E-state index is 4.77. The average Bonchev–Trinajstić information content (AvgIpc) is 2.67. The molecule has 0 aliphatic heterocycles. The van der Waals surface area contributed by atoms with Gasteiger partial charge in [-0.2, -0.15) is 0 Å². The molecule has 2 heterocycles. The van der Waals surface area contributed by atoms with Gasteiger partial charge in [0.1, 0.15) is 5.82 Å². The Kier molecular flexibility index (Phi) is 4.13. The number of fused-ring (bicyclic) bond motifs is 1. The van der Waals surface area contributed by atoms with Crippen molar-refractivity contribution in [1.82, 2.24) is 9.97 Å². The largest absolute Gasteiger partial charge is 0.365 e. The Morgan fingerprint density at radius 2 is 1.68 bits per heavy atom. The van der Waals surface area contributed by atoms with Gasteiger partial charge < -0.3 is 5.32 Å². The van der Waals surface area contributed by atoms with Crippen LogP contribution in [-0.4, -0.2) is 9.97 Å². The smallest absolute Gasteiger partial charge is 0.161 e. The van der Waals surface area contributed by atoms with E-state index in [0.29, 0.717) is 0 Å². The first-order chi connectivity index (χ1) is 12.3. The molecule has 2 aromatic heterocycles. The Morgan fingerprint density at radius 3 is 2.48 bits per heavy atom. The molecule has 0 aliphatic carbocycles. The van der Waals surface area contributed by atoms with Crippen molar-refractivity contribution >= 4 is 16.9 Å². The van der Waals surface area contributed by atoms with Gasteiger partial charge in [-0.3, -0.25) is 0 Å². The lowest BCUT2D eigenvalue weighted by molar-refractivity contribution is 1.12. The highest BCUT2D eigenvalue weighted by Gasteiger charge is 2.10. The summed E-state index contributed by atoms with van der Waals surface area (Å²) in [5, 5.41) is 4.53. The van der Waals surface area contributed by atoms with Crippen LogP contribution >= 0.6 is 0 Å². The van der Waals surface area contributed by atoms with Crippen molar-refractivity contribution < 1.29 is 0 Å². The van der Waals surface area contributed by atoms with Crippen molar-refractivity contribution in [3.8, 4) is 11.1 Å². The van der Waals surface area contributed by atoms with Gasteiger partial charge >= 0.3 is 0 Å². The van der Waals surface area contributed by atoms with Crippen LogP contribution in [0.25, 0.3) is 22.2 Å². The first-order valence-electron chi connectivity index (χ1n) is 8.40. The first kappa shape index (κ1) is 15.3. The van der Waals surface area contributed by atoms with Crippen molar-refractivity contribution in [3.63, 3.8) is 0 Å².